The third-order valence-corrected chi connectivity index (χ3v) is 6.41. The van der Waals surface area contributed by atoms with Gasteiger partial charge in [-0.25, -0.2) is 0 Å². The predicted molar refractivity (Wildman–Crippen MR) is 92.9 cm³/mol. The fraction of sp³-hybridized carbons (Fsp3) is 0.778. The van der Waals surface area contributed by atoms with E-state index in [0.717, 1.165) is 45.6 Å². The summed E-state index contributed by atoms with van der Waals surface area (Å²) >= 11 is 1.80. The molecule has 4 heterocycles. The third kappa shape index (κ3) is 3.80. The second-order valence-electron chi connectivity index (χ2n) is 7.46. The molecule has 3 aliphatic rings. The Morgan fingerprint density at radius 1 is 1.13 bits per heavy atom. The minimum absolute atomic E-state index is 0.338. The van der Waals surface area contributed by atoms with Crippen molar-refractivity contribution in [2.24, 2.45) is 5.41 Å². The van der Waals surface area contributed by atoms with Crippen LogP contribution in [0.2, 0.25) is 0 Å². The molecule has 1 unspecified atom stereocenters. The summed E-state index contributed by atoms with van der Waals surface area (Å²) in [4.78, 5) is 5.34. The highest BCUT2D eigenvalue weighted by atomic mass is 32.1. The van der Waals surface area contributed by atoms with E-state index in [4.69, 9.17) is 9.47 Å². The van der Waals surface area contributed by atoms with Gasteiger partial charge in [-0.15, -0.1) is 0 Å². The number of thiophene rings is 1. The van der Waals surface area contributed by atoms with Crippen molar-refractivity contribution in [1.82, 2.24) is 9.80 Å². The van der Waals surface area contributed by atoms with Gasteiger partial charge in [-0.3, -0.25) is 9.80 Å². The van der Waals surface area contributed by atoms with Gasteiger partial charge < -0.3 is 9.47 Å². The standard InChI is InChI=1S/C18H28N2O2S/c1-7-21-8-2-17(1)20-5-4-18(14-20)13-19(6-9-22-15-18)11-16-3-10-23-12-16/h3,10,12,17H,1-2,4-9,11,13-15H2. The lowest BCUT2D eigenvalue weighted by Gasteiger charge is -2.35. The molecule has 0 radical (unpaired) electrons. The smallest absolute Gasteiger partial charge is 0.0593 e. The Bertz CT molecular complexity index is 489. The fourth-order valence-corrected chi connectivity index (χ4v) is 5.10. The molecule has 3 saturated heterocycles. The molecule has 4 nitrogen and oxygen atoms in total. The first kappa shape index (κ1) is 16.0. The third-order valence-electron chi connectivity index (χ3n) is 5.68. The molecular formula is C18H28N2O2S. The van der Waals surface area contributed by atoms with Crippen molar-refractivity contribution >= 4 is 11.3 Å². The van der Waals surface area contributed by atoms with E-state index in [-0.39, 0.29) is 0 Å². The van der Waals surface area contributed by atoms with Crippen LogP contribution in [0.4, 0.5) is 0 Å². The first-order valence-corrected chi connectivity index (χ1v) is 9.90. The van der Waals surface area contributed by atoms with E-state index >= 15 is 0 Å². The molecule has 1 spiro atoms. The Kier molecular flexibility index (Phi) is 5.02. The lowest BCUT2D eigenvalue weighted by molar-refractivity contribution is 0.0284. The summed E-state index contributed by atoms with van der Waals surface area (Å²) < 4.78 is 11.6. The number of hydrogen-bond acceptors (Lipinski definition) is 5. The van der Waals surface area contributed by atoms with Gasteiger partial charge in [0.15, 0.2) is 0 Å². The van der Waals surface area contributed by atoms with Gasteiger partial charge in [-0.2, -0.15) is 11.3 Å². The van der Waals surface area contributed by atoms with Crippen LogP contribution in [0.5, 0.6) is 0 Å². The van der Waals surface area contributed by atoms with Crippen LogP contribution in [-0.4, -0.2) is 68.4 Å². The molecule has 23 heavy (non-hydrogen) atoms. The Balaban J connectivity index is 1.40. The number of likely N-dealkylation sites (tertiary alicyclic amines) is 1. The zero-order chi connectivity index (χ0) is 15.5. The number of ether oxygens (including phenoxy) is 2. The molecule has 0 bridgehead atoms. The van der Waals surface area contributed by atoms with Gasteiger partial charge in [-0.1, -0.05) is 0 Å². The van der Waals surface area contributed by atoms with Crippen molar-refractivity contribution in [2.75, 3.05) is 52.6 Å². The average molecular weight is 337 g/mol. The maximum absolute atomic E-state index is 6.03. The molecule has 128 valence electrons. The molecule has 5 heteroatoms. The molecule has 1 aromatic rings. The molecule has 0 aromatic carbocycles. The van der Waals surface area contributed by atoms with Gasteiger partial charge in [0.1, 0.15) is 0 Å². The average Bonchev–Trinajstić information content (AvgIpc) is 3.18. The van der Waals surface area contributed by atoms with E-state index in [1.165, 1.54) is 44.5 Å². The summed E-state index contributed by atoms with van der Waals surface area (Å²) in [6.07, 6.45) is 3.69. The fourth-order valence-electron chi connectivity index (χ4n) is 4.44. The number of rotatable bonds is 3. The Hall–Kier alpha value is -0.460. The molecule has 1 aromatic heterocycles. The van der Waals surface area contributed by atoms with Gasteiger partial charge >= 0.3 is 0 Å². The van der Waals surface area contributed by atoms with E-state index in [0.29, 0.717) is 5.41 Å². The van der Waals surface area contributed by atoms with Gasteiger partial charge in [0.05, 0.1) is 13.2 Å². The maximum Gasteiger partial charge on any atom is 0.0593 e. The minimum atomic E-state index is 0.338. The summed E-state index contributed by atoms with van der Waals surface area (Å²) in [6, 6.07) is 2.99. The molecule has 3 aliphatic heterocycles. The molecule has 0 N–H and O–H groups in total. The van der Waals surface area contributed by atoms with Gasteiger partial charge in [-0.05, 0) is 48.2 Å². The molecular weight excluding hydrogens is 308 g/mol. The van der Waals surface area contributed by atoms with Crippen LogP contribution in [0.25, 0.3) is 0 Å². The van der Waals surface area contributed by atoms with Gasteiger partial charge in [0, 0.05) is 50.8 Å². The van der Waals surface area contributed by atoms with Crippen LogP contribution in [-0.2, 0) is 16.0 Å². The van der Waals surface area contributed by atoms with Crippen molar-refractivity contribution in [2.45, 2.75) is 31.8 Å². The van der Waals surface area contributed by atoms with Crippen molar-refractivity contribution < 1.29 is 9.47 Å². The first-order chi connectivity index (χ1) is 11.3. The maximum atomic E-state index is 6.03. The van der Waals surface area contributed by atoms with Crippen molar-refractivity contribution in [3.8, 4) is 0 Å². The molecule has 3 fully saturated rings. The van der Waals surface area contributed by atoms with Crippen molar-refractivity contribution in [3.05, 3.63) is 22.4 Å². The summed E-state index contributed by atoms with van der Waals surface area (Å²) in [6.45, 7) is 9.46. The predicted octanol–water partition coefficient (Wildman–Crippen LogP) is 2.45. The first-order valence-electron chi connectivity index (χ1n) is 8.96. The van der Waals surface area contributed by atoms with Gasteiger partial charge in [0.2, 0.25) is 0 Å². The van der Waals surface area contributed by atoms with Crippen molar-refractivity contribution in [3.63, 3.8) is 0 Å². The van der Waals surface area contributed by atoms with E-state index in [1.54, 1.807) is 11.3 Å². The van der Waals surface area contributed by atoms with E-state index < -0.39 is 0 Å². The second kappa shape index (κ2) is 7.19. The minimum Gasteiger partial charge on any atom is -0.381 e. The molecule has 4 rings (SSSR count). The topological polar surface area (TPSA) is 24.9 Å². The number of hydrogen-bond donors (Lipinski definition) is 0. The van der Waals surface area contributed by atoms with Gasteiger partial charge in [0.25, 0.3) is 0 Å². The lowest BCUT2D eigenvalue weighted by Crippen LogP contribution is -2.43. The molecule has 0 aliphatic carbocycles. The van der Waals surface area contributed by atoms with E-state index in [9.17, 15) is 0 Å². The van der Waals surface area contributed by atoms with Crippen LogP contribution in [0.3, 0.4) is 0 Å². The van der Waals surface area contributed by atoms with Crippen LogP contribution in [0, 0.1) is 5.41 Å². The molecule has 0 amide bonds. The van der Waals surface area contributed by atoms with E-state index in [1.807, 2.05) is 0 Å². The van der Waals surface area contributed by atoms with E-state index in [2.05, 4.69) is 26.6 Å². The normalized spacial score (nSPS) is 31.7. The highest BCUT2D eigenvalue weighted by Crippen LogP contribution is 2.36. The summed E-state index contributed by atoms with van der Waals surface area (Å²) in [5.74, 6) is 0. The van der Waals surface area contributed by atoms with Crippen molar-refractivity contribution in [1.29, 1.82) is 0 Å². The monoisotopic (exact) mass is 336 g/mol. The van der Waals surface area contributed by atoms with Crippen LogP contribution in [0.15, 0.2) is 16.8 Å². The highest BCUT2D eigenvalue weighted by molar-refractivity contribution is 7.07. The largest absolute Gasteiger partial charge is 0.381 e. The second-order valence-corrected chi connectivity index (χ2v) is 8.24. The Morgan fingerprint density at radius 2 is 2.04 bits per heavy atom. The number of nitrogens with zero attached hydrogens (tertiary/aromatic N) is 2. The Labute approximate surface area is 143 Å². The van der Waals surface area contributed by atoms with Crippen LogP contribution in [0.1, 0.15) is 24.8 Å². The highest BCUT2D eigenvalue weighted by Gasteiger charge is 2.43. The van der Waals surface area contributed by atoms with Crippen LogP contribution >= 0.6 is 11.3 Å². The quantitative estimate of drug-likeness (QED) is 0.846. The zero-order valence-corrected chi connectivity index (χ0v) is 14.7. The summed E-state index contributed by atoms with van der Waals surface area (Å²) in [5, 5.41) is 4.46. The Morgan fingerprint density at radius 3 is 2.87 bits per heavy atom. The summed E-state index contributed by atoms with van der Waals surface area (Å²) in [5.41, 5.74) is 1.79. The molecule has 0 saturated carbocycles. The van der Waals surface area contributed by atoms with Crippen LogP contribution < -0.4 is 0 Å². The SMILES string of the molecule is c1cc(CN2CCOCC3(CCN(C4CCOCC4)C3)C2)cs1. The molecule has 1 atom stereocenters. The lowest BCUT2D eigenvalue weighted by atomic mass is 9.87. The zero-order valence-electron chi connectivity index (χ0n) is 13.9. The summed E-state index contributed by atoms with van der Waals surface area (Å²) in [7, 11) is 0.